The van der Waals surface area contributed by atoms with Gasteiger partial charge in [-0.2, -0.15) is 0 Å². The molecule has 0 spiro atoms. The molecule has 0 N–H and O–H groups in total. The molecule has 0 unspecified atom stereocenters. The lowest BCUT2D eigenvalue weighted by Crippen LogP contribution is -2.10. The summed E-state index contributed by atoms with van der Waals surface area (Å²) in [6.07, 6.45) is 0.770. The summed E-state index contributed by atoms with van der Waals surface area (Å²) in [7, 11) is 1.39. The van der Waals surface area contributed by atoms with Gasteiger partial charge in [0.2, 0.25) is 0 Å². The first-order valence-corrected chi connectivity index (χ1v) is 5.36. The van der Waals surface area contributed by atoms with E-state index in [-0.39, 0.29) is 12.3 Å². The van der Waals surface area contributed by atoms with Gasteiger partial charge in [-0.05, 0) is 5.75 Å². The highest BCUT2D eigenvalue weighted by molar-refractivity contribution is 7.99. The van der Waals surface area contributed by atoms with Crippen LogP contribution in [-0.4, -0.2) is 44.1 Å². The molecular weight excluding hydrogens is 192 g/mol. The number of hydrogen-bond donors (Lipinski definition) is 0. The molecule has 0 bridgehead atoms. The maximum Gasteiger partial charge on any atom is 0.315 e. The Morgan fingerprint density at radius 2 is 2.23 bits per heavy atom. The van der Waals surface area contributed by atoms with E-state index in [4.69, 9.17) is 9.47 Å². The molecule has 0 radical (unpaired) electrons. The summed E-state index contributed by atoms with van der Waals surface area (Å²) in [6, 6.07) is 0. The molecule has 1 rings (SSSR count). The maximum atomic E-state index is 10.7. The number of ether oxygens (including phenoxy) is 3. The van der Waals surface area contributed by atoms with Crippen molar-refractivity contribution in [3.05, 3.63) is 0 Å². The molecule has 0 aromatic rings. The Morgan fingerprint density at radius 1 is 1.54 bits per heavy atom. The van der Waals surface area contributed by atoms with Crippen molar-refractivity contribution >= 4 is 17.7 Å². The Bertz CT molecular complexity index is 156. The highest BCUT2D eigenvalue weighted by atomic mass is 32.2. The highest BCUT2D eigenvalue weighted by Gasteiger charge is 2.15. The lowest BCUT2D eigenvalue weighted by Gasteiger charge is -2.07. The van der Waals surface area contributed by atoms with E-state index in [1.54, 1.807) is 0 Å². The minimum Gasteiger partial charge on any atom is -0.468 e. The first kappa shape index (κ1) is 10.8. The maximum absolute atomic E-state index is 10.7. The third-order valence-electron chi connectivity index (χ3n) is 1.64. The summed E-state index contributed by atoms with van der Waals surface area (Å²) in [6.45, 7) is 1.37. The fourth-order valence-electron chi connectivity index (χ4n) is 0.968. The van der Waals surface area contributed by atoms with E-state index in [1.807, 2.05) is 0 Å². The predicted octanol–water partition coefficient (Wildman–Crippen LogP) is 0.656. The Balaban J connectivity index is 1.91. The number of esters is 1. The molecule has 0 aliphatic carbocycles. The van der Waals surface area contributed by atoms with Crippen LogP contribution in [0, 0.1) is 0 Å². The average Bonchev–Trinajstić information content (AvgIpc) is 2.64. The van der Waals surface area contributed by atoms with Gasteiger partial charge in [0.25, 0.3) is 0 Å². The third-order valence-corrected chi connectivity index (χ3v) is 2.60. The van der Waals surface area contributed by atoms with Gasteiger partial charge in [0.15, 0.2) is 6.29 Å². The van der Waals surface area contributed by atoms with Crippen molar-refractivity contribution in [3.63, 3.8) is 0 Å². The molecule has 4 nitrogen and oxygen atoms in total. The highest BCUT2D eigenvalue weighted by Crippen LogP contribution is 2.12. The van der Waals surface area contributed by atoms with Gasteiger partial charge in [-0.15, -0.1) is 11.8 Å². The van der Waals surface area contributed by atoms with Crippen LogP contribution in [0.25, 0.3) is 0 Å². The first-order valence-electron chi connectivity index (χ1n) is 4.20. The van der Waals surface area contributed by atoms with E-state index in [1.165, 1.54) is 18.9 Å². The van der Waals surface area contributed by atoms with Crippen molar-refractivity contribution in [2.24, 2.45) is 0 Å². The zero-order chi connectivity index (χ0) is 9.52. The van der Waals surface area contributed by atoms with Gasteiger partial charge in [-0.1, -0.05) is 0 Å². The zero-order valence-electron chi connectivity index (χ0n) is 7.65. The van der Waals surface area contributed by atoms with Crippen molar-refractivity contribution in [2.45, 2.75) is 12.7 Å². The quantitative estimate of drug-likeness (QED) is 0.488. The van der Waals surface area contributed by atoms with Gasteiger partial charge in [-0.3, -0.25) is 4.79 Å². The molecule has 76 valence electrons. The molecule has 0 atom stereocenters. The normalized spacial score (nSPS) is 17.6. The molecule has 1 aliphatic rings. The number of rotatable bonds is 5. The van der Waals surface area contributed by atoms with Crippen LogP contribution in [-0.2, 0) is 19.0 Å². The van der Waals surface area contributed by atoms with Crippen LogP contribution < -0.4 is 0 Å². The minimum atomic E-state index is -0.182. The number of thioether (sulfide) groups is 1. The molecule has 0 saturated carbocycles. The predicted molar refractivity (Wildman–Crippen MR) is 49.7 cm³/mol. The van der Waals surface area contributed by atoms with Crippen LogP contribution in [0.2, 0.25) is 0 Å². The summed E-state index contributed by atoms with van der Waals surface area (Å²) in [5.74, 6) is 1.08. The lowest BCUT2D eigenvalue weighted by atomic mass is 10.5. The topological polar surface area (TPSA) is 44.8 Å². The molecule has 0 aromatic heterocycles. The van der Waals surface area contributed by atoms with E-state index in [2.05, 4.69) is 4.74 Å². The van der Waals surface area contributed by atoms with Gasteiger partial charge in [0.1, 0.15) is 0 Å². The largest absolute Gasteiger partial charge is 0.468 e. The van der Waals surface area contributed by atoms with Crippen molar-refractivity contribution in [1.29, 1.82) is 0 Å². The summed E-state index contributed by atoms with van der Waals surface area (Å²) in [5, 5.41) is 0. The van der Waals surface area contributed by atoms with Crippen LogP contribution in [0.15, 0.2) is 0 Å². The van der Waals surface area contributed by atoms with Crippen LogP contribution in [0.1, 0.15) is 6.42 Å². The first-order chi connectivity index (χ1) is 6.33. The Labute approximate surface area is 81.9 Å². The van der Waals surface area contributed by atoms with E-state index in [9.17, 15) is 4.79 Å². The van der Waals surface area contributed by atoms with Gasteiger partial charge in [0.05, 0.1) is 26.1 Å². The monoisotopic (exact) mass is 206 g/mol. The Hall–Kier alpha value is -0.260. The van der Waals surface area contributed by atoms with Crippen LogP contribution in [0.5, 0.6) is 0 Å². The molecule has 1 heterocycles. The summed E-state index contributed by atoms with van der Waals surface area (Å²) in [5.41, 5.74) is 0. The molecule has 0 amide bonds. The number of methoxy groups -OCH3 is 1. The smallest absolute Gasteiger partial charge is 0.315 e. The fourth-order valence-corrected chi connectivity index (χ4v) is 1.76. The minimum absolute atomic E-state index is 0.0647. The van der Waals surface area contributed by atoms with E-state index >= 15 is 0 Å². The molecule has 0 aromatic carbocycles. The second-order valence-corrected chi connectivity index (χ2v) is 3.69. The number of carbonyl (C=O) groups excluding carboxylic acids is 1. The van der Waals surface area contributed by atoms with E-state index in [0.29, 0.717) is 19.0 Å². The average molecular weight is 206 g/mol. The Morgan fingerprint density at radius 3 is 2.85 bits per heavy atom. The molecule has 1 fully saturated rings. The summed E-state index contributed by atoms with van der Waals surface area (Å²) < 4.78 is 15.0. The second-order valence-electron chi connectivity index (χ2n) is 2.59. The third kappa shape index (κ3) is 4.50. The van der Waals surface area contributed by atoms with Crippen molar-refractivity contribution in [1.82, 2.24) is 0 Å². The van der Waals surface area contributed by atoms with E-state index in [0.717, 1.165) is 12.2 Å². The summed E-state index contributed by atoms with van der Waals surface area (Å²) in [4.78, 5) is 10.7. The fraction of sp³-hybridized carbons (Fsp3) is 0.875. The van der Waals surface area contributed by atoms with Gasteiger partial charge >= 0.3 is 5.97 Å². The van der Waals surface area contributed by atoms with E-state index < -0.39 is 0 Å². The lowest BCUT2D eigenvalue weighted by molar-refractivity contribution is -0.137. The van der Waals surface area contributed by atoms with Gasteiger partial charge < -0.3 is 14.2 Å². The van der Waals surface area contributed by atoms with Crippen LogP contribution in [0.4, 0.5) is 0 Å². The van der Waals surface area contributed by atoms with Crippen molar-refractivity contribution in [3.8, 4) is 0 Å². The molecular formula is C8H14O4S. The SMILES string of the molecule is COC(=O)CSCCC1OCCO1. The molecule has 1 aliphatic heterocycles. The second kappa shape index (κ2) is 6.23. The zero-order valence-corrected chi connectivity index (χ0v) is 8.47. The molecule has 5 heteroatoms. The molecule has 1 saturated heterocycles. The molecule has 13 heavy (non-hydrogen) atoms. The van der Waals surface area contributed by atoms with Crippen molar-refractivity contribution in [2.75, 3.05) is 31.8 Å². The number of hydrogen-bond acceptors (Lipinski definition) is 5. The van der Waals surface area contributed by atoms with Gasteiger partial charge in [0, 0.05) is 6.42 Å². The Kier molecular flexibility index (Phi) is 5.19. The standard InChI is InChI=1S/C8H14O4S/c1-10-7(9)6-13-5-2-8-11-3-4-12-8/h8H,2-6H2,1H3. The summed E-state index contributed by atoms with van der Waals surface area (Å²) >= 11 is 1.54. The van der Waals surface area contributed by atoms with Crippen molar-refractivity contribution < 1.29 is 19.0 Å². The van der Waals surface area contributed by atoms with Crippen LogP contribution >= 0.6 is 11.8 Å². The number of carbonyl (C=O) groups is 1. The van der Waals surface area contributed by atoms with Crippen LogP contribution in [0.3, 0.4) is 0 Å². The van der Waals surface area contributed by atoms with Gasteiger partial charge in [-0.25, -0.2) is 0 Å².